The number of hydroxylamine groups is 1. The molecule has 0 saturated heterocycles. The van der Waals surface area contributed by atoms with Crippen LogP contribution in [0.15, 0.2) is 52.2 Å². The lowest BCUT2D eigenvalue weighted by Crippen LogP contribution is -2.20. The van der Waals surface area contributed by atoms with Gasteiger partial charge in [0.15, 0.2) is 0 Å². The fourth-order valence-electron chi connectivity index (χ4n) is 1.42. The fraction of sp³-hybridized carbons (Fsp3) is 0. The number of hydrogen-bond donors (Lipinski definition) is 3. The van der Waals surface area contributed by atoms with E-state index >= 15 is 0 Å². The topological polar surface area (TPSA) is 104 Å². The molecule has 1 aromatic heterocycles. The van der Waals surface area contributed by atoms with Gasteiger partial charge in [0.05, 0.1) is 12.5 Å². The van der Waals surface area contributed by atoms with Gasteiger partial charge in [0.2, 0.25) is 0 Å². The second-order valence-electron chi connectivity index (χ2n) is 3.73. The van der Waals surface area contributed by atoms with Gasteiger partial charge in [0.1, 0.15) is 5.76 Å². The van der Waals surface area contributed by atoms with Crippen molar-refractivity contribution in [3.05, 3.63) is 59.5 Å². The molecule has 102 valence electrons. The Labute approximate surface area is 113 Å². The number of hydrazone groups is 1. The summed E-state index contributed by atoms with van der Waals surface area (Å²) in [6.45, 7) is 0. The summed E-state index contributed by atoms with van der Waals surface area (Å²) >= 11 is 0. The first kappa shape index (κ1) is 13.5. The van der Waals surface area contributed by atoms with E-state index in [1.807, 2.05) is 0 Å². The Morgan fingerprint density at radius 2 is 1.75 bits per heavy atom. The minimum atomic E-state index is -0.646. The Morgan fingerprint density at radius 3 is 2.30 bits per heavy atom. The van der Waals surface area contributed by atoms with E-state index in [0.717, 1.165) is 0 Å². The Hall–Kier alpha value is -2.93. The minimum absolute atomic E-state index is 0.239. The summed E-state index contributed by atoms with van der Waals surface area (Å²) < 4.78 is 5.01. The van der Waals surface area contributed by atoms with Crippen LogP contribution in [0.5, 0.6) is 0 Å². The molecule has 0 radical (unpaired) electrons. The number of furan rings is 1. The van der Waals surface area contributed by atoms with Gasteiger partial charge in [-0.1, -0.05) is 0 Å². The third-order valence-electron chi connectivity index (χ3n) is 2.41. The molecule has 0 fully saturated rings. The van der Waals surface area contributed by atoms with E-state index in [9.17, 15) is 9.59 Å². The smallest absolute Gasteiger partial charge is 0.274 e. The largest absolute Gasteiger partial charge is 0.463 e. The lowest BCUT2D eigenvalue weighted by molar-refractivity contribution is 0.0706. The quantitative estimate of drug-likeness (QED) is 0.441. The Kier molecular flexibility index (Phi) is 4.25. The predicted molar refractivity (Wildman–Crippen MR) is 69.5 cm³/mol. The Morgan fingerprint density at radius 1 is 1.10 bits per heavy atom. The van der Waals surface area contributed by atoms with Gasteiger partial charge >= 0.3 is 0 Å². The molecule has 0 saturated carbocycles. The maximum absolute atomic E-state index is 11.7. The molecule has 0 aliphatic carbocycles. The number of nitrogens with zero attached hydrogens (tertiary/aromatic N) is 1. The van der Waals surface area contributed by atoms with Crippen molar-refractivity contribution in [3.8, 4) is 0 Å². The molecule has 20 heavy (non-hydrogen) atoms. The normalized spacial score (nSPS) is 10.4. The first-order chi connectivity index (χ1) is 9.70. The monoisotopic (exact) mass is 273 g/mol. The van der Waals surface area contributed by atoms with E-state index in [-0.39, 0.29) is 5.56 Å². The van der Waals surface area contributed by atoms with Crippen LogP contribution < -0.4 is 10.9 Å². The van der Waals surface area contributed by atoms with E-state index in [1.165, 1.54) is 42.2 Å². The molecule has 7 heteroatoms. The van der Waals surface area contributed by atoms with Gasteiger partial charge < -0.3 is 4.42 Å². The maximum Gasteiger partial charge on any atom is 0.274 e. The molecular formula is C13H11N3O4. The lowest BCUT2D eigenvalue weighted by Gasteiger charge is -2.01. The molecule has 0 bridgehead atoms. The number of rotatable bonds is 4. The molecule has 2 rings (SSSR count). The number of amides is 2. The van der Waals surface area contributed by atoms with E-state index < -0.39 is 11.8 Å². The minimum Gasteiger partial charge on any atom is -0.463 e. The molecule has 0 aliphatic heterocycles. The summed E-state index contributed by atoms with van der Waals surface area (Å²) in [5.41, 5.74) is 4.40. The van der Waals surface area contributed by atoms with Crippen molar-refractivity contribution in [2.24, 2.45) is 5.10 Å². The van der Waals surface area contributed by atoms with Crippen LogP contribution in [0.1, 0.15) is 26.5 Å². The molecule has 1 aromatic carbocycles. The second-order valence-corrected chi connectivity index (χ2v) is 3.73. The van der Waals surface area contributed by atoms with Crippen LogP contribution in [0, 0.1) is 0 Å². The van der Waals surface area contributed by atoms with Gasteiger partial charge in [-0.05, 0) is 36.4 Å². The SMILES string of the molecule is O=C(NO)c1ccc(C(=O)N/N=C/c2ccco2)cc1. The van der Waals surface area contributed by atoms with E-state index in [4.69, 9.17) is 9.62 Å². The molecule has 0 atom stereocenters. The number of hydrogen-bond acceptors (Lipinski definition) is 5. The summed E-state index contributed by atoms with van der Waals surface area (Å²) in [5.74, 6) is -0.558. The standard InChI is InChI=1S/C13H11N3O4/c17-12(15-14-8-11-2-1-7-20-11)9-3-5-10(6-4-9)13(18)16-19/h1-8,19H,(H,15,17)(H,16,18)/b14-8+. The Bertz CT molecular complexity index is 618. The molecule has 1 heterocycles. The average molecular weight is 273 g/mol. The number of carbonyl (C=O) groups excluding carboxylic acids is 2. The van der Waals surface area contributed by atoms with Crippen molar-refractivity contribution in [3.63, 3.8) is 0 Å². The highest BCUT2D eigenvalue weighted by atomic mass is 16.5. The highest BCUT2D eigenvalue weighted by Gasteiger charge is 2.07. The van der Waals surface area contributed by atoms with Crippen molar-refractivity contribution in [1.82, 2.24) is 10.9 Å². The van der Waals surface area contributed by atoms with E-state index in [0.29, 0.717) is 11.3 Å². The predicted octanol–water partition coefficient (Wildman–Crippen LogP) is 1.16. The van der Waals surface area contributed by atoms with Crippen molar-refractivity contribution in [2.45, 2.75) is 0 Å². The number of nitrogens with one attached hydrogen (secondary N) is 2. The van der Waals surface area contributed by atoms with Gasteiger partial charge in [-0.25, -0.2) is 10.9 Å². The molecule has 0 aliphatic rings. The molecule has 2 aromatic rings. The zero-order valence-corrected chi connectivity index (χ0v) is 10.2. The maximum atomic E-state index is 11.7. The molecule has 2 amide bonds. The average Bonchev–Trinajstić information content (AvgIpc) is 2.99. The van der Waals surface area contributed by atoms with Crippen LogP contribution in [-0.4, -0.2) is 23.2 Å². The molecule has 3 N–H and O–H groups in total. The van der Waals surface area contributed by atoms with E-state index in [2.05, 4.69) is 10.5 Å². The summed E-state index contributed by atoms with van der Waals surface area (Å²) in [5, 5.41) is 12.2. The van der Waals surface area contributed by atoms with Gasteiger partial charge in [-0.15, -0.1) is 0 Å². The molecular weight excluding hydrogens is 262 g/mol. The summed E-state index contributed by atoms with van der Waals surface area (Å²) in [4.78, 5) is 22.8. The summed E-state index contributed by atoms with van der Waals surface area (Å²) in [6, 6.07) is 9.12. The number of carbonyl (C=O) groups is 2. The highest BCUT2D eigenvalue weighted by Crippen LogP contribution is 2.04. The van der Waals surface area contributed by atoms with Crippen molar-refractivity contribution in [2.75, 3.05) is 0 Å². The van der Waals surface area contributed by atoms with Crippen LogP contribution in [0.2, 0.25) is 0 Å². The zero-order chi connectivity index (χ0) is 14.4. The van der Waals surface area contributed by atoms with Crippen LogP contribution >= 0.6 is 0 Å². The zero-order valence-electron chi connectivity index (χ0n) is 10.2. The van der Waals surface area contributed by atoms with Crippen molar-refractivity contribution < 1.29 is 19.2 Å². The van der Waals surface area contributed by atoms with Gasteiger partial charge in [-0.3, -0.25) is 14.8 Å². The van der Waals surface area contributed by atoms with Crippen LogP contribution in [0.25, 0.3) is 0 Å². The first-order valence-corrected chi connectivity index (χ1v) is 5.62. The van der Waals surface area contributed by atoms with E-state index in [1.54, 1.807) is 12.1 Å². The van der Waals surface area contributed by atoms with Crippen LogP contribution in [0.3, 0.4) is 0 Å². The summed E-state index contributed by atoms with van der Waals surface area (Å²) in [6.07, 6.45) is 2.86. The van der Waals surface area contributed by atoms with Gasteiger partial charge in [0.25, 0.3) is 11.8 Å². The van der Waals surface area contributed by atoms with Crippen LogP contribution in [-0.2, 0) is 0 Å². The van der Waals surface area contributed by atoms with Gasteiger partial charge in [0, 0.05) is 11.1 Å². The van der Waals surface area contributed by atoms with Gasteiger partial charge in [-0.2, -0.15) is 5.10 Å². The fourth-order valence-corrected chi connectivity index (χ4v) is 1.42. The second kappa shape index (κ2) is 6.30. The third kappa shape index (κ3) is 3.30. The van der Waals surface area contributed by atoms with Crippen molar-refractivity contribution >= 4 is 18.0 Å². The molecule has 0 spiro atoms. The molecule has 0 unspecified atom stereocenters. The summed E-state index contributed by atoms with van der Waals surface area (Å²) in [7, 11) is 0. The van der Waals surface area contributed by atoms with Crippen molar-refractivity contribution in [1.29, 1.82) is 0 Å². The van der Waals surface area contributed by atoms with Crippen LogP contribution in [0.4, 0.5) is 0 Å². The number of benzene rings is 1. The lowest BCUT2D eigenvalue weighted by atomic mass is 10.1. The Balaban J connectivity index is 1.97. The highest BCUT2D eigenvalue weighted by molar-refractivity contribution is 5.97. The first-order valence-electron chi connectivity index (χ1n) is 5.62. The third-order valence-corrected chi connectivity index (χ3v) is 2.41. The molecule has 7 nitrogen and oxygen atoms in total.